The Labute approximate surface area is 179 Å². The molecule has 152 valence electrons. The van der Waals surface area contributed by atoms with E-state index in [2.05, 4.69) is 26.6 Å². The minimum atomic E-state index is -0.447. The molecule has 4 rings (SSSR count). The molecule has 1 aliphatic heterocycles. The van der Waals surface area contributed by atoms with Crippen LogP contribution in [-0.4, -0.2) is 30.9 Å². The first-order chi connectivity index (χ1) is 14.5. The summed E-state index contributed by atoms with van der Waals surface area (Å²) < 4.78 is 11.1. The first-order valence-electron chi connectivity index (χ1n) is 8.98. The standard InChI is InChI=1S/C21H16BrN3O5/c22-18-9-8-17(30-18)21(28)24-14-6-7-16-15(10-14)25(20(27)12-29-16)11-19(26)23-13-4-2-1-3-5-13/h1-10H,11-12H2,(H,23,26)(H,24,28). The summed E-state index contributed by atoms with van der Waals surface area (Å²) in [4.78, 5) is 38.5. The molecule has 0 radical (unpaired) electrons. The lowest BCUT2D eigenvalue weighted by Gasteiger charge is -2.29. The third-order valence-corrected chi connectivity index (χ3v) is 4.74. The van der Waals surface area contributed by atoms with Gasteiger partial charge in [0.1, 0.15) is 12.3 Å². The first kappa shape index (κ1) is 19.7. The van der Waals surface area contributed by atoms with Gasteiger partial charge in [-0.15, -0.1) is 0 Å². The third-order valence-electron chi connectivity index (χ3n) is 4.32. The van der Waals surface area contributed by atoms with Crippen molar-refractivity contribution in [2.45, 2.75) is 0 Å². The fraction of sp³-hybridized carbons (Fsp3) is 0.0952. The maximum atomic E-state index is 12.5. The van der Waals surface area contributed by atoms with Gasteiger partial charge in [0.2, 0.25) is 5.91 Å². The predicted octanol–water partition coefficient (Wildman–Crippen LogP) is 3.66. The number of furan rings is 1. The minimum Gasteiger partial charge on any atom is -0.482 e. The highest BCUT2D eigenvalue weighted by Gasteiger charge is 2.28. The lowest BCUT2D eigenvalue weighted by atomic mass is 10.2. The number of nitrogens with zero attached hydrogens (tertiary/aromatic N) is 1. The Hall–Kier alpha value is -3.59. The molecule has 30 heavy (non-hydrogen) atoms. The molecule has 0 aliphatic carbocycles. The average molecular weight is 470 g/mol. The van der Waals surface area contributed by atoms with Gasteiger partial charge < -0.3 is 19.8 Å². The lowest BCUT2D eigenvalue weighted by molar-refractivity contribution is -0.123. The van der Waals surface area contributed by atoms with Crippen molar-refractivity contribution in [2.24, 2.45) is 0 Å². The molecule has 0 unspecified atom stereocenters. The van der Waals surface area contributed by atoms with Gasteiger partial charge in [-0.3, -0.25) is 19.3 Å². The molecular formula is C21H16BrN3O5. The van der Waals surface area contributed by atoms with Gasteiger partial charge in [0, 0.05) is 11.4 Å². The van der Waals surface area contributed by atoms with E-state index in [9.17, 15) is 14.4 Å². The largest absolute Gasteiger partial charge is 0.482 e. The van der Waals surface area contributed by atoms with E-state index in [0.717, 1.165) is 0 Å². The zero-order chi connectivity index (χ0) is 21.1. The fourth-order valence-electron chi connectivity index (χ4n) is 2.95. The summed E-state index contributed by atoms with van der Waals surface area (Å²) in [6, 6.07) is 17.0. The van der Waals surface area contributed by atoms with Crippen LogP contribution < -0.4 is 20.3 Å². The quantitative estimate of drug-likeness (QED) is 0.593. The number of hydrogen-bond donors (Lipinski definition) is 2. The van der Waals surface area contributed by atoms with Crippen LogP contribution in [0.25, 0.3) is 0 Å². The Bertz CT molecular complexity index is 1110. The molecule has 1 aliphatic rings. The van der Waals surface area contributed by atoms with Crippen molar-refractivity contribution in [3.05, 3.63) is 71.1 Å². The Balaban J connectivity index is 1.52. The van der Waals surface area contributed by atoms with Crippen molar-refractivity contribution in [1.82, 2.24) is 0 Å². The number of rotatable bonds is 5. The molecule has 0 spiro atoms. The molecule has 2 aromatic carbocycles. The van der Waals surface area contributed by atoms with Crippen LogP contribution in [0.5, 0.6) is 5.75 Å². The Morgan fingerprint density at radius 2 is 1.80 bits per heavy atom. The molecule has 0 atom stereocenters. The van der Waals surface area contributed by atoms with Gasteiger partial charge in [0.05, 0.1) is 5.69 Å². The summed E-state index contributed by atoms with van der Waals surface area (Å²) in [5.74, 6) is -0.578. The van der Waals surface area contributed by atoms with E-state index in [1.807, 2.05) is 6.07 Å². The van der Waals surface area contributed by atoms with Crippen molar-refractivity contribution in [3.8, 4) is 5.75 Å². The first-order valence-corrected chi connectivity index (χ1v) is 9.78. The van der Waals surface area contributed by atoms with E-state index in [4.69, 9.17) is 9.15 Å². The second kappa shape index (κ2) is 8.42. The summed E-state index contributed by atoms with van der Waals surface area (Å²) in [6.45, 7) is -0.357. The topological polar surface area (TPSA) is 101 Å². The summed E-state index contributed by atoms with van der Waals surface area (Å²) >= 11 is 3.15. The highest BCUT2D eigenvalue weighted by Crippen LogP contribution is 2.34. The van der Waals surface area contributed by atoms with Gasteiger partial charge in [-0.1, -0.05) is 18.2 Å². The summed E-state index contributed by atoms with van der Waals surface area (Å²) in [5, 5.41) is 5.45. The SMILES string of the molecule is O=C(CN1C(=O)COc2ccc(NC(=O)c3ccc(Br)o3)cc21)Nc1ccccc1. The highest BCUT2D eigenvalue weighted by molar-refractivity contribution is 9.10. The number of amides is 3. The number of hydrogen-bond acceptors (Lipinski definition) is 5. The maximum Gasteiger partial charge on any atom is 0.291 e. The smallest absolute Gasteiger partial charge is 0.291 e. The minimum absolute atomic E-state index is 0.131. The normalized spacial score (nSPS) is 12.7. The number of carbonyl (C=O) groups is 3. The summed E-state index contributed by atoms with van der Waals surface area (Å²) in [6.07, 6.45) is 0. The Morgan fingerprint density at radius 1 is 1.00 bits per heavy atom. The molecule has 0 saturated heterocycles. The molecule has 0 fully saturated rings. The maximum absolute atomic E-state index is 12.5. The molecular weight excluding hydrogens is 454 g/mol. The Kier molecular flexibility index (Phi) is 5.53. The van der Waals surface area contributed by atoms with Gasteiger partial charge in [-0.25, -0.2) is 0 Å². The molecule has 2 N–H and O–H groups in total. The molecule has 1 aromatic heterocycles. The van der Waals surface area contributed by atoms with Gasteiger partial charge in [-0.2, -0.15) is 0 Å². The van der Waals surface area contributed by atoms with Gasteiger partial charge in [0.15, 0.2) is 17.0 Å². The fourth-order valence-corrected chi connectivity index (χ4v) is 3.25. The van der Waals surface area contributed by atoms with Crippen LogP contribution in [0.3, 0.4) is 0 Å². The molecule has 3 amide bonds. The number of fused-ring (bicyclic) bond motifs is 1. The van der Waals surface area contributed by atoms with E-state index in [1.54, 1.807) is 48.5 Å². The third kappa shape index (κ3) is 4.36. The van der Waals surface area contributed by atoms with Crippen molar-refractivity contribution in [3.63, 3.8) is 0 Å². The van der Waals surface area contributed by atoms with Crippen LogP contribution in [0.4, 0.5) is 17.1 Å². The second-order valence-corrected chi connectivity index (χ2v) is 7.20. The van der Waals surface area contributed by atoms with Crippen LogP contribution in [0.1, 0.15) is 10.6 Å². The highest BCUT2D eigenvalue weighted by atomic mass is 79.9. The number of benzene rings is 2. The number of para-hydroxylation sites is 1. The molecule has 9 heteroatoms. The van der Waals surface area contributed by atoms with E-state index < -0.39 is 5.91 Å². The number of ether oxygens (including phenoxy) is 1. The zero-order valence-corrected chi connectivity index (χ0v) is 17.1. The second-order valence-electron chi connectivity index (χ2n) is 6.42. The molecule has 2 heterocycles. The zero-order valence-electron chi connectivity index (χ0n) is 15.6. The van der Waals surface area contributed by atoms with E-state index in [0.29, 0.717) is 27.5 Å². The number of anilines is 3. The number of carbonyl (C=O) groups excluding carboxylic acids is 3. The van der Waals surface area contributed by atoms with Crippen molar-refractivity contribution in [2.75, 3.05) is 28.7 Å². The van der Waals surface area contributed by atoms with Gasteiger partial charge in [0.25, 0.3) is 11.8 Å². The van der Waals surface area contributed by atoms with Crippen LogP contribution in [0, 0.1) is 0 Å². The number of nitrogens with one attached hydrogen (secondary N) is 2. The van der Waals surface area contributed by atoms with E-state index >= 15 is 0 Å². The molecule has 8 nitrogen and oxygen atoms in total. The van der Waals surface area contributed by atoms with Crippen LogP contribution in [0.15, 0.2) is 69.8 Å². The average Bonchev–Trinajstić information content (AvgIpc) is 3.17. The number of halogens is 1. The van der Waals surface area contributed by atoms with Crippen LogP contribution in [0.2, 0.25) is 0 Å². The van der Waals surface area contributed by atoms with Crippen molar-refractivity contribution < 1.29 is 23.5 Å². The van der Waals surface area contributed by atoms with Gasteiger partial charge in [-0.05, 0) is 58.4 Å². The van der Waals surface area contributed by atoms with Crippen LogP contribution >= 0.6 is 15.9 Å². The van der Waals surface area contributed by atoms with Crippen LogP contribution in [-0.2, 0) is 9.59 Å². The monoisotopic (exact) mass is 469 g/mol. The summed E-state index contributed by atoms with van der Waals surface area (Å²) in [5.41, 5.74) is 1.46. The van der Waals surface area contributed by atoms with Gasteiger partial charge >= 0.3 is 0 Å². The Morgan fingerprint density at radius 3 is 2.53 bits per heavy atom. The van der Waals surface area contributed by atoms with Crippen molar-refractivity contribution >= 4 is 50.7 Å². The van der Waals surface area contributed by atoms with E-state index in [1.165, 1.54) is 11.0 Å². The predicted molar refractivity (Wildman–Crippen MR) is 114 cm³/mol. The molecule has 3 aromatic rings. The van der Waals surface area contributed by atoms with E-state index in [-0.39, 0.29) is 30.7 Å². The summed E-state index contributed by atoms with van der Waals surface area (Å²) in [7, 11) is 0. The van der Waals surface area contributed by atoms with Crippen molar-refractivity contribution in [1.29, 1.82) is 0 Å². The molecule has 0 saturated carbocycles. The molecule has 0 bridgehead atoms. The lowest BCUT2D eigenvalue weighted by Crippen LogP contribution is -2.43.